The van der Waals surface area contributed by atoms with Crippen molar-refractivity contribution < 1.29 is 5.11 Å². The van der Waals surface area contributed by atoms with E-state index in [-0.39, 0.29) is 6.10 Å². The zero-order valence-corrected chi connectivity index (χ0v) is 15.9. The van der Waals surface area contributed by atoms with Crippen LogP contribution in [0.5, 0.6) is 0 Å². The van der Waals surface area contributed by atoms with Crippen molar-refractivity contribution in [3.05, 3.63) is 19.1 Å². The van der Waals surface area contributed by atoms with Crippen molar-refractivity contribution in [3.8, 4) is 0 Å². The highest BCUT2D eigenvalue weighted by Gasteiger charge is 1.96. The van der Waals surface area contributed by atoms with Crippen molar-refractivity contribution in [1.82, 2.24) is 0 Å². The van der Waals surface area contributed by atoms with Gasteiger partial charge in [-0.15, -0.1) is 0 Å². The van der Waals surface area contributed by atoms with E-state index in [9.17, 15) is 0 Å². The number of allylic oxidation sites excluding steroid dienone is 2. The van der Waals surface area contributed by atoms with Crippen molar-refractivity contribution in [2.75, 3.05) is 0 Å². The topological polar surface area (TPSA) is 20.2 Å². The average Bonchev–Trinajstić information content (AvgIpc) is 2.53. The molecular weight excluding hydrogens is 280 g/mol. The molecule has 0 aliphatic heterocycles. The molecule has 1 nitrogen and oxygen atoms in total. The Bertz CT molecular complexity index is 232. The Labute approximate surface area is 147 Å². The first-order valence-electron chi connectivity index (χ1n) is 10.4. The second-order valence-electron chi connectivity index (χ2n) is 7.09. The lowest BCUT2D eigenvalue weighted by molar-refractivity contribution is 0.205. The minimum Gasteiger partial charge on any atom is -0.393 e. The summed E-state index contributed by atoms with van der Waals surface area (Å²) in [6, 6.07) is 0. The van der Waals surface area contributed by atoms with Gasteiger partial charge in [0.25, 0.3) is 0 Å². The molecule has 0 aliphatic carbocycles. The molecule has 0 saturated heterocycles. The Morgan fingerprint density at radius 3 is 1.48 bits per heavy atom. The molecule has 1 radical (unpaired) electrons. The van der Waals surface area contributed by atoms with Crippen molar-refractivity contribution in [1.29, 1.82) is 0 Å². The minimum atomic E-state index is -0.357. The third-order valence-electron chi connectivity index (χ3n) is 4.55. The van der Waals surface area contributed by atoms with Gasteiger partial charge in [0.2, 0.25) is 0 Å². The first-order valence-corrected chi connectivity index (χ1v) is 10.4. The summed E-state index contributed by atoms with van der Waals surface area (Å²) < 4.78 is 0. The zero-order chi connectivity index (χ0) is 17.0. The van der Waals surface area contributed by atoms with Crippen LogP contribution in [0, 0.1) is 6.92 Å². The SMILES string of the molecule is [CH2]C(O)CCCCCCCCCC/C=C\CCCCCCCC. The fourth-order valence-corrected chi connectivity index (χ4v) is 2.98. The highest BCUT2D eigenvalue weighted by molar-refractivity contribution is 4.81. The van der Waals surface area contributed by atoms with Crippen LogP contribution in [-0.4, -0.2) is 11.2 Å². The first-order chi connectivity index (χ1) is 11.3. The Balaban J connectivity index is 3.05. The zero-order valence-electron chi connectivity index (χ0n) is 15.9. The molecule has 1 unspecified atom stereocenters. The van der Waals surface area contributed by atoms with E-state index in [1.54, 1.807) is 0 Å². The lowest BCUT2D eigenvalue weighted by Gasteiger charge is -2.03. The monoisotopic (exact) mass is 323 g/mol. The van der Waals surface area contributed by atoms with E-state index >= 15 is 0 Å². The number of hydrogen-bond acceptors (Lipinski definition) is 1. The summed E-state index contributed by atoms with van der Waals surface area (Å²) in [5.74, 6) is 0. The Kier molecular flexibility index (Phi) is 19.5. The van der Waals surface area contributed by atoms with E-state index in [4.69, 9.17) is 5.11 Å². The molecule has 0 spiro atoms. The van der Waals surface area contributed by atoms with E-state index in [1.165, 1.54) is 96.3 Å². The van der Waals surface area contributed by atoms with Crippen LogP contribution in [-0.2, 0) is 0 Å². The summed E-state index contributed by atoms with van der Waals surface area (Å²) in [5.41, 5.74) is 0. The maximum absolute atomic E-state index is 9.07. The second kappa shape index (κ2) is 19.7. The van der Waals surface area contributed by atoms with Gasteiger partial charge in [-0.2, -0.15) is 0 Å². The van der Waals surface area contributed by atoms with Crippen molar-refractivity contribution in [2.24, 2.45) is 0 Å². The Hall–Kier alpha value is -0.300. The van der Waals surface area contributed by atoms with Gasteiger partial charge in [0.05, 0.1) is 6.10 Å². The largest absolute Gasteiger partial charge is 0.393 e. The van der Waals surface area contributed by atoms with E-state index in [0.717, 1.165) is 12.8 Å². The van der Waals surface area contributed by atoms with Crippen LogP contribution >= 0.6 is 0 Å². The fraction of sp³-hybridized carbons (Fsp3) is 0.864. The van der Waals surface area contributed by atoms with Gasteiger partial charge in [-0.3, -0.25) is 0 Å². The van der Waals surface area contributed by atoms with Gasteiger partial charge < -0.3 is 5.11 Å². The molecule has 0 heterocycles. The predicted molar refractivity (Wildman–Crippen MR) is 105 cm³/mol. The van der Waals surface area contributed by atoms with Gasteiger partial charge in [-0.1, -0.05) is 96.1 Å². The van der Waals surface area contributed by atoms with E-state index < -0.39 is 0 Å². The standard InChI is InChI=1S/C22H43O/c1-3-4-5-6-7-8-9-10-11-12-13-14-15-16-17-18-19-20-21-22(2)23/h10-11,22-23H,2-9,12-21H2,1H3/b11-10-. The van der Waals surface area contributed by atoms with Gasteiger partial charge in [0.1, 0.15) is 0 Å². The quantitative estimate of drug-likeness (QED) is 0.206. The molecule has 0 fully saturated rings. The van der Waals surface area contributed by atoms with Gasteiger partial charge in [-0.05, 0) is 39.0 Å². The summed E-state index contributed by atoms with van der Waals surface area (Å²) in [6.45, 7) is 5.88. The van der Waals surface area contributed by atoms with Crippen LogP contribution in [0.15, 0.2) is 12.2 Å². The third kappa shape index (κ3) is 21.7. The third-order valence-corrected chi connectivity index (χ3v) is 4.55. The van der Waals surface area contributed by atoms with Crippen LogP contribution in [0.4, 0.5) is 0 Å². The van der Waals surface area contributed by atoms with Gasteiger partial charge >= 0.3 is 0 Å². The molecule has 0 rings (SSSR count). The molecule has 23 heavy (non-hydrogen) atoms. The summed E-state index contributed by atoms with van der Waals surface area (Å²) in [4.78, 5) is 0. The molecule has 0 aromatic heterocycles. The maximum Gasteiger partial charge on any atom is 0.0541 e. The molecule has 0 saturated carbocycles. The molecule has 1 atom stereocenters. The molecule has 0 aliphatic rings. The summed E-state index contributed by atoms with van der Waals surface area (Å²) in [7, 11) is 0. The van der Waals surface area contributed by atoms with E-state index in [0.29, 0.717) is 0 Å². The predicted octanol–water partition coefficient (Wildman–Crippen LogP) is 7.39. The smallest absolute Gasteiger partial charge is 0.0541 e. The minimum absolute atomic E-state index is 0.357. The average molecular weight is 324 g/mol. The van der Waals surface area contributed by atoms with Crippen molar-refractivity contribution in [2.45, 2.75) is 122 Å². The number of aliphatic hydroxyl groups is 1. The molecule has 0 amide bonds. The molecule has 137 valence electrons. The molecule has 1 heteroatoms. The lowest BCUT2D eigenvalue weighted by atomic mass is 10.1. The number of hydrogen-bond donors (Lipinski definition) is 1. The van der Waals surface area contributed by atoms with Gasteiger partial charge in [0.15, 0.2) is 0 Å². The van der Waals surface area contributed by atoms with Crippen molar-refractivity contribution >= 4 is 0 Å². The van der Waals surface area contributed by atoms with Gasteiger partial charge in [0, 0.05) is 0 Å². The van der Waals surface area contributed by atoms with Crippen LogP contribution in [0.1, 0.15) is 116 Å². The molecular formula is C22H43O. The van der Waals surface area contributed by atoms with Crippen LogP contribution in [0.3, 0.4) is 0 Å². The highest BCUT2D eigenvalue weighted by Crippen LogP contribution is 2.12. The summed E-state index contributed by atoms with van der Waals surface area (Å²) in [6.07, 6.45) is 26.9. The first kappa shape index (κ1) is 22.7. The number of rotatable bonds is 18. The van der Waals surface area contributed by atoms with Crippen LogP contribution in [0.2, 0.25) is 0 Å². The van der Waals surface area contributed by atoms with Crippen LogP contribution in [0.25, 0.3) is 0 Å². The summed E-state index contributed by atoms with van der Waals surface area (Å²) in [5, 5.41) is 9.07. The Morgan fingerprint density at radius 1 is 0.652 bits per heavy atom. The van der Waals surface area contributed by atoms with Gasteiger partial charge in [-0.25, -0.2) is 0 Å². The molecule has 0 aromatic rings. The lowest BCUT2D eigenvalue weighted by Crippen LogP contribution is -1.98. The Morgan fingerprint density at radius 2 is 1.04 bits per heavy atom. The molecule has 0 bridgehead atoms. The number of aliphatic hydroxyl groups excluding tert-OH is 1. The van der Waals surface area contributed by atoms with E-state index in [1.807, 2.05) is 0 Å². The van der Waals surface area contributed by atoms with E-state index in [2.05, 4.69) is 26.0 Å². The molecule has 1 N–H and O–H groups in total. The van der Waals surface area contributed by atoms with Crippen molar-refractivity contribution in [3.63, 3.8) is 0 Å². The normalized spacial score (nSPS) is 13.0. The van der Waals surface area contributed by atoms with Crippen LogP contribution < -0.4 is 0 Å². The summed E-state index contributed by atoms with van der Waals surface area (Å²) >= 11 is 0. The highest BCUT2D eigenvalue weighted by atomic mass is 16.3. The fourth-order valence-electron chi connectivity index (χ4n) is 2.98. The second-order valence-corrected chi connectivity index (χ2v) is 7.09. The molecule has 0 aromatic carbocycles. The number of unbranched alkanes of at least 4 members (excludes halogenated alkanes) is 14. The maximum atomic E-state index is 9.07.